The molecule has 0 fully saturated rings. The molecule has 0 spiro atoms. The Kier molecular flexibility index (Phi) is 3.77. The second kappa shape index (κ2) is 5.87. The quantitative estimate of drug-likeness (QED) is 0.780. The van der Waals surface area contributed by atoms with E-state index in [2.05, 4.69) is 11.1 Å². The number of benzene rings is 1. The highest BCUT2D eigenvalue weighted by atomic mass is 16.3. The number of fused-ring (bicyclic) bond motifs is 1. The average Bonchev–Trinajstić information content (AvgIpc) is 3.14. The zero-order valence-electron chi connectivity index (χ0n) is 12.0. The fourth-order valence-corrected chi connectivity index (χ4v) is 2.50. The molecule has 1 N–H and O–H groups in total. The first kappa shape index (κ1) is 13.5. The largest absolute Gasteiger partial charge is 0.467 e. The van der Waals surface area contributed by atoms with E-state index in [-0.39, 0.29) is 5.91 Å². The van der Waals surface area contributed by atoms with Crippen LogP contribution in [0.1, 0.15) is 17.7 Å². The lowest BCUT2D eigenvalue weighted by Gasteiger charge is -2.15. The second-order valence-electron chi connectivity index (χ2n) is 5.19. The molecule has 3 aromatic rings. The first-order valence-corrected chi connectivity index (χ1v) is 7.05. The van der Waals surface area contributed by atoms with Crippen LogP contribution in [0.15, 0.2) is 53.3 Å². The highest BCUT2D eigenvalue weighted by Crippen LogP contribution is 2.19. The average molecular weight is 282 g/mol. The van der Waals surface area contributed by atoms with Gasteiger partial charge in [0.05, 0.1) is 12.8 Å². The maximum atomic E-state index is 12.2. The Bertz CT molecular complexity index is 728. The van der Waals surface area contributed by atoms with Gasteiger partial charge in [-0.15, -0.1) is 0 Å². The number of aromatic amines is 1. The molecule has 1 amide bonds. The Morgan fingerprint density at radius 3 is 2.90 bits per heavy atom. The molecule has 0 radical (unpaired) electrons. The molecule has 0 atom stereocenters. The van der Waals surface area contributed by atoms with Gasteiger partial charge in [0.1, 0.15) is 5.76 Å². The van der Waals surface area contributed by atoms with Gasteiger partial charge in [-0.05, 0) is 30.2 Å². The van der Waals surface area contributed by atoms with E-state index in [4.69, 9.17) is 4.42 Å². The zero-order valence-corrected chi connectivity index (χ0v) is 12.0. The molecule has 0 saturated carbocycles. The number of hydrogen-bond acceptors (Lipinski definition) is 2. The molecule has 0 unspecified atom stereocenters. The molecule has 21 heavy (non-hydrogen) atoms. The number of para-hydroxylation sites is 1. The molecule has 4 heteroatoms. The van der Waals surface area contributed by atoms with Crippen LogP contribution in [0.5, 0.6) is 0 Å². The van der Waals surface area contributed by atoms with Crippen molar-refractivity contribution < 1.29 is 9.21 Å². The molecule has 0 aliphatic heterocycles. The third-order valence-corrected chi connectivity index (χ3v) is 3.68. The number of carbonyl (C=O) groups excluding carboxylic acids is 1. The van der Waals surface area contributed by atoms with Gasteiger partial charge in [-0.25, -0.2) is 0 Å². The maximum absolute atomic E-state index is 12.2. The summed E-state index contributed by atoms with van der Waals surface area (Å²) in [7, 11) is 1.81. The van der Waals surface area contributed by atoms with Gasteiger partial charge in [-0.3, -0.25) is 4.79 Å². The van der Waals surface area contributed by atoms with Crippen molar-refractivity contribution in [2.75, 3.05) is 7.05 Å². The van der Waals surface area contributed by atoms with Gasteiger partial charge >= 0.3 is 0 Å². The summed E-state index contributed by atoms with van der Waals surface area (Å²) in [6.07, 6.45) is 4.86. The van der Waals surface area contributed by atoms with Crippen molar-refractivity contribution in [1.82, 2.24) is 9.88 Å². The van der Waals surface area contributed by atoms with Crippen LogP contribution < -0.4 is 0 Å². The van der Waals surface area contributed by atoms with Gasteiger partial charge in [0.15, 0.2) is 0 Å². The molecular formula is C17H18N2O2. The van der Waals surface area contributed by atoms with Crippen molar-refractivity contribution in [2.24, 2.45) is 0 Å². The predicted molar refractivity (Wildman–Crippen MR) is 81.8 cm³/mol. The van der Waals surface area contributed by atoms with Crippen molar-refractivity contribution in [3.05, 3.63) is 60.2 Å². The highest BCUT2D eigenvalue weighted by Gasteiger charge is 2.12. The second-order valence-corrected chi connectivity index (χ2v) is 5.19. The number of nitrogens with one attached hydrogen (secondary N) is 1. The van der Waals surface area contributed by atoms with Crippen molar-refractivity contribution >= 4 is 16.8 Å². The molecule has 0 saturated heterocycles. The normalized spacial score (nSPS) is 10.9. The van der Waals surface area contributed by atoms with E-state index in [1.807, 2.05) is 36.5 Å². The minimum absolute atomic E-state index is 0.122. The third-order valence-electron chi connectivity index (χ3n) is 3.68. The highest BCUT2D eigenvalue weighted by molar-refractivity contribution is 5.84. The summed E-state index contributed by atoms with van der Waals surface area (Å²) in [5.74, 6) is 0.926. The summed E-state index contributed by atoms with van der Waals surface area (Å²) < 4.78 is 5.26. The van der Waals surface area contributed by atoms with E-state index in [0.29, 0.717) is 13.0 Å². The van der Waals surface area contributed by atoms with E-state index >= 15 is 0 Å². The van der Waals surface area contributed by atoms with Gasteiger partial charge in [-0.2, -0.15) is 0 Å². The minimum Gasteiger partial charge on any atom is -0.467 e. The van der Waals surface area contributed by atoms with E-state index in [9.17, 15) is 4.79 Å². The summed E-state index contributed by atoms with van der Waals surface area (Å²) in [5, 5.41) is 1.19. The van der Waals surface area contributed by atoms with Crippen LogP contribution in [-0.4, -0.2) is 22.8 Å². The van der Waals surface area contributed by atoms with Crippen LogP contribution in [0, 0.1) is 0 Å². The van der Waals surface area contributed by atoms with Gasteiger partial charge < -0.3 is 14.3 Å². The standard InChI is InChI=1S/C17H18N2O2/c1-19(12-14-5-4-10-21-14)17(20)9-8-13-11-18-16-7-3-2-6-15(13)16/h2-7,10-11,18H,8-9,12H2,1H3. The third kappa shape index (κ3) is 2.99. The number of aromatic nitrogens is 1. The number of hydrogen-bond donors (Lipinski definition) is 1. The molecule has 2 heterocycles. The molecule has 0 aliphatic rings. The van der Waals surface area contributed by atoms with Crippen molar-refractivity contribution in [2.45, 2.75) is 19.4 Å². The summed E-state index contributed by atoms with van der Waals surface area (Å²) in [6, 6.07) is 11.9. The van der Waals surface area contributed by atoms with Crippen LogP contribution in [0.2, 0.25) is 0 Å². The topological polar surface area (TPSA) is 49.2 Å². The van der Waals surface area contributed by atoms with E-state index in [1.54, 1.807) is 18.2 Å². The predicted octanol–water partition coefficient (Wildman–Crippen LogP) is 3.35. The number of aryl methyl sites for hydroxylation is 1. The van der Waals surface area contributed by atoms with E-state index in [1.165, 1.54) is 10.9 Å². The van der Waals surface area contributed by atoms with Gasteiger partial charge in [-0.1, -0.05) is 18.2 Å². The smallest absolute Gasteiger partial charge is 0.223 e. The molecule has 0 bridgehead atoms. The SMILES string of the molecule is CN(Cc1ccco1)C(=O)CCc1c[nH]c2ccccc12. The van der Waals surface area contributed by atoms with Crippen molar-refractivity contribution in [3.63, 3.8) is 0 Å². The van der Waals surface area contributed by atoms with Crippen LogP contribution >= 0.6 is 0 Å². The van der Waals surface area contributed by atoms with Crippen LogP contribution in [0.25, 0.3) is 10.9 Å². The lowest BCUT2D eigenvalue weighted by Crippen LogP contribution is -2.26. The Balaban J connectivity index is 1.60. The number of H-pyrrole nitrogens is 1. The first-order valence-electron chi connectivity index (χ1n) is 7.05. The van der Waals surface area contributed by atoms with E-state index in [0.717, 1.165) is 17.7 Å². The van der Waals surface area contributed by atoms with Crippen LogP contribution in [0.3, 0.4) is 0 Å². The van der Waals surface area contributed by atoms with Gasteiger partial charge in [0.25, 0.3) is 0 Å². The van der Waals surface area contributed by atoms with Crippen molar-refractivity contribution in [3.8, 4) is 0 Å². The van der Waals surface area contributed by atoms with Gasteiger partial charge in [0, 0.05) is 30.6 Å². The molecule has 0 aliphatic carbocycles. The summed E-state index contributed by atoms with van der Waals surface area (Å²) in [5.41, 5.74) is 2.30. The molecular weight excluding hydrogens is 264 g/mol. The molecule has 3 rings (SSSR count). The lowest BCUT2D eigenvalue weighted by atomic mass is 10.1. The van der Waals surface area contributed by atoms with Gasteiger partial charge in [0.2, 0.25) is 5.91 Å². The molecule has 2 aromatic heterocycles. The number of furan rings is 1. The number of rotatable bonds is 5. The van der Waals surface area contributed by atoms with Crippen molar-refractivity contribution in [1.29, 1.82) is 0 Å². The fourth-order valence-electron chi connectivity index (χ4n) is 2.50. The maximum Gasteiger partial charge on any atom is 0.223 e. The van der Waals surface area contributed by atoms with Crippen LogP contribution in [-0.2, 0) is 17.8 Å². The monoisotopic (exact) mass is 282 g/mol. The number of amides is 1. The Morgan fingerprint density at radius 2 is 2.10 bits per heavy atom. The summed E-state index contributed by atoms with van der Waals surface area (Å²) in [4.78, 5) is 17.1. The minimum atomic E-state index is 0.122. The molecule has 108 valence electrons. The Hall–Kier alpha value is -2.49. The number of carbonyl (C=O) groups is 1. The Labute approximate surface area is 123 Å². The van der Waals surface area contributed by atoms with Crippen LogP contribution in [0.4, 0.5) is 0 Å². The summed E-state index contributed by atoms with van der Waals surface area (Å²) in [6.45, 7) is 0.514. The fraction of sp³-hybridized carbons (Fsp3) is 0.235. The van der Waals surface area contributed by atoms with E-state index < -0.39 is 0 Å². The number of nitrogens with zero attached hydrogens (tertiary/aromatic N) is 1. The molecule has 1 aromatic carbocycles. The zero-order chi connectivity index (χ0) is 14.7. The Morgan fingerprint density at radius 1 is 1.24 bits per heavy atom. The first-order chi connectivity index (χ1) is 10.2. The molecule has 4 nitrogen and oxygen atoms in total. The summed E-state index contributed by atoms with van der Waals surface area (Å²) >= 11 is 0. The lowest BCUT2D eigenvalue weighted by molar-refractivity contribution is -0.130.